The summed E-state index contributed by atoms with van der Waals surface area (Å²) in [4.78, 5) is 25.3. The highest BCUT2D eigenvalue weighted by atomic mass is 16.5. The van der Waals surface area contributed by atoms with Crippen molar-refractivity contribution in [2.45, 2.75) is 0 Å². The average molecular weight is 253 g/mol. The molecule has 0 aliphatic rings. The second kappa shape index (κ2) is 6.40. The Labute approximate surface area is 103 Å². The molecule has 0 aliphatic heterocycles. The predicted octanol–water partition coefficient (Wildman–Crippen LogP) is -1.32. The molecule has 1 aromatic rings. The maximum absolute atomic E-state index is 10.9. The number of nitrogens with zero attached hydrogens (tertiary/aromatic N) is 1. The molecule has 0 unspecified atom stereocenters. The van der Waals surface area contributed by atoms with Gasteiger partial charge in [0.15, 0.2) is 0 Å². The Kier molecular flexibility index (Phi) is 4.88. The number of rotatable bonds is 7. The lowest BCUT2D eigenvalue weighted by Gasteiger charge is -2.09. The smallest absolute Gasteiger partial charge is 0.267 e. The van der Waals surface area contributed by atoms with Crippen LogP contribution in [0.25, 0.3) is 0 Å². The van der Waals surface area contributed by atoms with Crippen LogP contribution in [0, 0.1) is 0 Å². The lowest BCUT2D eigenvalue weighted by atomic mass is 10.3. The Morgan fingerprint density at radius 1 is 1.33 bits per heavy atom. The van der Waals surface area contributed by atoms with Gasteiger partial charge in [-0.3, -0.25) is 9.59 Å². The molecule has 18 heavy (non-hydrogen) atoms. The molecule has 0 spiro atoms. The van der Waals surface area contributed by atoms with Crippen molar-refractivity contribution < 1.29 is 14.3 Å². The van der Waals surface area contributed by atoms with Crippen LogP contribution >= 0.6 is 0 Å². The fourth-order valence-corrected chi connectivity index (χ4v) is 1.16. The molecular formula is C10H15N5O3. The zero-order chi connectivity index (χ0) is 13.5. The van der Waals surface area contributed by atoms with Crippen LogP contribution < -0.4 is 22.5 Å². The van der Waals surface area contributed by atoms with Gasteiger partial charge in [0.1, 0.15) is 18.1 Å². The van der Waals surface area contributed by atoms with E-state index in [9.17, 15) is 9.59 Å². The summed E-state index contributed by atoms with van der Waals surface area (Å²) in [5.41, 5.74) is 16.2. The van der Waals surface area contributed by atoms with E-state index in [1.807, 2.05) is 0 Å². The number of anilines is 2. The summed E-state index contributed by atoms with van der Waals surface area (Å²) in [5, 5.41) is 2.86. The molecule has 0 bridgehead atoms. The van der Waals surface area contributed by atoms with Crippen molar-refractivity contribution in [3.05, 3.63) is 17.8 Å². The average Bonchev–Trinajstić information content (AvgIpc) is 2.30. The van der Waals surface area contributed by atoms with E-state index < -0.39 is 11.8 Å². The van der Waals surface area contributed by atoms with Gasteiger partial charge in [0.05, 0.1) is 12.3 Å². The first-order valence-electron chi connectivity index (χ1n) is 5.17. The third-order valence-corrected chi connectivity index (χ3v) is 1.96. The number of pyridine rings is 1. The monoisotopic (exact) mass is 253 g/mol. The van der Waals surface area contributed by atoms with Crippen LogP contribution in [0.4, 0.5) is 11.5 Å². The molecule has 0 saturated heterocycles. The van der Waals surface area contributed by atoms with E-state index in [-0.39, 0.29) is 18.9 Å². The van der Waals surface area contributed by atoms with Gasteiger partial charge in [0.2, 0.25) is 5.91 Å². The molecule has 8 heteroatoms. The zero-order valence-corrected chi connectivity index (χ0v) is 9.68. The zero-order valence-electron chi connectivity index (χ0n) is 9.68. The van der Waals surface area contributed by atoms with Crippen molar-refractivity contribution >= 4 is 23.3 Å². The third kappa shape index (κ3) is 4.26. The Bertz CT molecular complexity index is 449. The number of hydrogen-bond acceptors (Lipinski definition) is 6. The van der Waals surface area contributed by atoms with Crippen LogP contribution in [0.2, 0.25) is 0 Å². The van der Waals surface area contributed by atoms with Gasteiger partial charge in [0, 0.05) is 6.54 Å². The summed E-state index contributed by atoms with van der Waals surface area (Å²) < 4.78 is 4.94. The molecule has 1 heterocycles. The lowest BCUT2D eigenvalue weighted by Crippen LogP contribution is -2.21. The number of aromatic nitrogens is 1. The van der Waals surface area contributed by atoms with Crippen LogP contribution in [-0.2, 0) is 9.53 Å². The first-order valence-corrected chi connectivity index (χ1v) is 5.17. The first-order chi connectivity index (χ1) is 8.50. The number of nitrogens with two attached hydrogens (primary N) is 3. The van der Waals surface area contributed by atoms with Gasteiger partial charge in [-0.25, -0.2) is 4.98 Å². The van der Waals surface area contributed by atoms with Crippen LogP contribution in [0.1, 0.15) is 10.5 Å². The number of ether oxygens (including phenoxy) is 1. The number of nitrogens with one attached hydrogen (secondary N) is 1. The van der Waals surface area contributed by atoms with Crippen molar-refractivity contribution in [3.8, 4) is 0 Å². The van der Waals surface area contributed by atoms with Crippen molar-refractivity contribution in [1.29, 1.82) is 0 Å². The van der Waals surface area contributed by atoms with E-state index in [1.54, 1.807) is 0 Å². The SMILES string of the molecule is NC(=O)COCCNc1nc(C(N)=O)ccc1N. The number of nitrogen functional groups attached to an aromatic ring is 1. The molecule has 98 valence electrons. The lowest BCUT2D eigenvalue weighted by molar-refractivity contribution is -0.122. The Morgan fingerprint density at radius 3 is 2.67 bits per heavy atom. The van der Waals surface area contributed by atoms with E-state index in [0.717, 1.165) is 0 Å². The molecule has 7 N–H and O–H groups in total. The first kappa shape index (κ1) is 13.7. The topological polar surface area (TPSA) is 146 Å². The van der Waals surface area contributed by atoms with Crippen LogP contribution in [0.5, 0.6) is 0 Å². The molecule has 0 saturated carbocycles. The maximum Gasteiger partial charge on any atom is 0.267 e. The molecule has 0 atom stereocenters. The van der Waals surface area contributed by atoms with Gasteiger partial charge in [-0.2, -0.15) is 0 Å². The second-order valence-electron chi connectivity index (χ2n) is 3.44. The van der Waals surface area contributed by atoms with Gasteiger partial charge < -0.3 is 27.3 Å². The van der Waals surface area contributed by atoms with E-state index >= 15 is 0 Å². The summed E-state index contributed by atoms with van der Waals surface area (Å²) in [6.45, 7) is 0.476. The van der Waals surface area contributed by atoms with Gasteiger partial charge in [-0.1, -0.05) is 0 Å². The van der Waals surface area contributed by atoms with Crippen LogP contribution in [0.15, 0.2) is 12.1 Å². The maximum atomic E-state index is 10.9. The van der Waals surface area contributed by atoms with Crippen molar-refractivity contribution in [2.75, 3.05) is 30.8 Å². The van der Waals surface area contributed by atoms with E-state index in [1.165, 1.54) is 12.1 Å². The number of carbonyl (C=O) groups is 2. The second-order valence-corrected chi connectivity index (χ2v) is 3.44. The predicted molar refractivity (Wildman–Crippen MR) is 65.7 cm³/mol. The highest BCUT2D eigenvalue weighted by Crippen LogP contribution is 2.14. The Morgan fingerprint density at radius 2 is 2.06 bits per heavy atom. The fourth-order valence-electron chi connectivity index (χ4n) is 1.16. The van der Waals surface area contributed by atoms with Gasteiger partial charge >= 0.3 is 0 Å². The fraction of sp³-hybridized carbons (Fsp3) is 0.300. The minimum atomic E-state index is -0.636. The molecule has 0 aromatic carbocycles. The highest BCUT2D eigenvalue weighted by molar-refractivity contribution is 5.91. The van der Waals surface area contributed by atoms with Gasteiger partial charge in [-0.05, 0) is 12.1 Å². The van der Waals surface area contributed by atoms with Gasteiger partial charge in [0.25, 0.3) is 5.91 Å². The van der Waals surface area contributed by atoms with E-state index in [2.05, 4.69) is 10.3 Å². The third-order valence-electron chi connectivity index (χ3n) is 1.96. The Hall–Kier alpha value is -2.35. The highest BCUT2D eigenvalue weighted by Gasteiger charge is 2.06. The molecular weight excluding hydrogens is 238 g/mol. The molecule has 1 aromatic heterocycles. The summed E-state index contributed by atoms with van der Waals surface area (Å²) in [6.07, 6.45) is 0. The number of hydrogen-bond donors (Lipinski definition) is 4. The van der Waals surface area contributed by atoms with E-state index in [0.29, 0.717) is 18.1 Å². The van der Waals surface area contributed by atoms with Crippen LogP contribution in [0.3, 0.4) is 0 Å². The van der Waals surface area contributed by atoms with Crippen molar-refractivity contribution in [2.24, 2.45) is 11.5 Å². The summed E-state index contributed by atoms with van der Waals surface area (Å²) in [5.74, 6) is -0.833. The minimum Gasteiger partial charge on any atom is -0.396 e. The van der Waals surface area contributed by atoms with Gasteiger partial charge in [-0.15, -0.1) is 0 Å². The number of carbonyl (C=O) groups excluding carboxylic acids is 2. The van der Waals surface area contributed by atoms with Crippen molar-refractivity contribution in [3.63, 3.8) is 0 Å². The number of primary amides is 2. The standard InChI is InChI=1S/C10H15N5O3/c11-6-1-2-7(9(13)17)15-10(6)14-3-4-18-5-8(12)16/h1-2H,3-5,11H2,(H2,12,16)(H2,13,17)(H,14,15). The molecule has 0 fully saturated rings. The Balaban J connectivity index is 2.48. The molecule has 0 aliphatic carbocycles. The molecule has 8 nitrogen and oxygen atoms in total. The number of amides is 2. The quantitative estimate of drug-likeness (QED) is 0.443. The summed E-state index contributed by atoms with van der Waals surface area (Å²) in [6, 6.07) is 2.96. The van der Waals surface area contributed by atoms with Crippen molar-refractivity contribution in [1.82, 2.24) is 4.98 Å². The van der Waals surface area contributed by atoms with E-state index in [4.69, 9.17) is 21.9 Å². The molecule has 0 radical (unpaired) electrons. The molecule has 2 amide bonds. The summed E-state index contributed by atoms with van der Waals surface area (Å²) >= 11 is 0. The largest absolute Gasteiger partial charge is 0.396 e. The van der Waals surface area contributed by atoms with Crippen LogP contribution in [-0.4, -0.2) is 36.6 Å². The summed E-state index contributed by atoms with van der Waals surface area (Å²) in [7, 11) is 0. The molecule has 1 rings (SSSR count). The minimum absolute atomic E-state index is 0.116. The normalized spacial score (nSPS) is 10.0.